The molecule has 0 saturated heterocycles. The number of carboxylic acid groups (broad SMARTS) is 1. The fourth-order valence-corrected chi connectivity index (χ4v) is 3.93. The minimum atomic E-state index is -1.29. The Labute approximate surface area is 183 Å². The van der Waals surface area contributed by atoms with Crippen molar-refractivity contribution in [1.82, 2.24) is 0 Å². The van der Waals surface area contributed by atoms with Gasteiger partial charge in [-0.25, -0.2) is 4.39 Å². The van der Waals surface area contributed by atoms with Crippen molar-refractivity contribution in [2.24, 2.45) is 11.8 Å². The number of hydrogen-bond acceptors (Lipinski definition) is 5. The van der Waals surface area contributed by atoms with Gasteiger partial charge in [-0.1, -0.05) is 38.3 Å². The van der Waals surface area contributed by atoms with Gasteiger partial charge in [-0.15, -0.1) is 0 Å². The molecule has 0 aromatic carbocycles. The molecule has 7 heteroatoms. The van der Waals surface area contributed by atoms with Crippen molar-refractivity contribution in [3.63, 3.8) is 0 Å². The van der Waals surface area contributed by atoms with Gasteiger partial charge >= 0.3 is 29.6 Å². The van der Waals surface area contributed by atoms with Gasteiger partial charge < -0.3 is 24.9 Å². The van der Waals surface area contributed by atoms with E-state index in [0.717, 1.165) is 19.3 Å². The number of halogens is 1. The third kappa shape index (κ3) is 7.17. The van der Waals surface area contributed by atoms with Crippen LogP contribution in [0.4, 0.5) is 4.39 Å². The molecule has 1 aliphatic carbocycles. The van der Waals surface area contributed by atoms with Crippen molar-refractivity contribution >= 4 is 5.97 Å². The second-order valence-corrected chi connectivity index (χ2v) is 7.38. The quantitative estimate of drug-likeness (QED) is 0.268. The molecule has 1 heterocycles. The minimum Gasteiger partial charge on any atom is -0.550 e. The predicted molar refractivity (Wildman–Crippen MR) is 93.6 cm³/mol. The first-order valence-corrected chi connectivity index (χ1v) is 9.67. The number of unbranched alkanes of at least 4 members (excludes halogenated alkanes) is 2. The molecule has 1 saturated carbocycles. The van der Waals surface area contributed by atoms with Crippen LogP contribution >= 0.6 is 0 Å². The van der Waals surface area contributed by atoms with E-state index in [9.17, 15) is 24.5 Å². The zero-order valence-corrected chi connectivity index (χ0v) is 18.4. The molecule has 0 spiro atoms. The number of carbonyl (C=O) groups is 1. The first-order valence-electron chi connectivity index (χ1n) is 9.67. The van der Waals surface area contributed by atoms with Gasteiger partial charge in [-0.3, -0.25) is 0 Å². The van der Waals surface area contributed by atoms with Crippen molar-refractivity contribution < 1.29 is 58.8 Å². The number of rotatable bonds is 11. The monoisotopic (exact) mass is 392 g/mol. The molecule has 0 bridgehead atoms. The number of carbonyl (C=O) groups excluding carboxylic acids is 1. The van der Waals surface area contributed by atoms with Crippen LogP contribution in [0.25, 0.3) is 0 Å². The van der Waals surface area contributed by atoms with E-state index in [4.69, 9.17) is 4.74 Å². The maximum absolute atomic E-state index is 14.6. The van der Waals surface area contributed by atoms with E-state index < -0.39 is 24.3 Å². The number of aliphatic hydroxyl groups excluding tert-OH is 2. The molecule has 2 rings (SSSR count). The largest absolute Gasteiger partial charge is 1.00 e. The summed E-state index contributed by atoms with van der Waals surface area (Å²) in [6.07, 6.45) is 6.51. The van der Waals surface area contributed by atoms with Gasteiger partial charge in [-0.05, 0) is 25.7 Å². The van der Waals surface area contributed by atoms with E-state index in [0.29, 0.717) is 18.4 Å². The summed E-state index contributed by atoms with van der Waals surface area (Å²) in [5.41, 5.74) is 0.486. The molecular weight excluding hydrogens is 362 g/mol. The van der Waals surface area contributed by atoms with Crippen LogP contribution < -0.4 is 34.7 Å². The molecular formula is C20H30FNaO5. The Balaban J connectivity index is 0.00000364. The minimum absolute atomic E-state index is 0. The molecule has 0 radical (unpaired) electrons. The predicted octanol–water partition coefficient (Wildman–Crippen LogP) is -0.974. The molecule has 27 heavy (non-hydrogen) atoms. The number of carboxylic acids is 1. The van der Waals surface area contributed by atoms with Crippen LogP contribution in [0.3, 0.4) is 0 Å². The summed E-state index contributed by atoms with van der Waals surface area (Å²) < 4.78 is 20.1. The number of hydrogen-bond donors (Lipinski definition) is 2. The van der Waals surface area contributed by atoms with Crippen LogP contribution in [-0.2, 0) is 9.53 Å². The van der Waals surface area contributed by atoms with Crippen molar-refractivity contribution in [2.75, 3.05) is 0 Å². The topological polar surface area (TPSA) is 89.8 Å². The van der Waals surface area contributed by atoms with Gasteiger partial charge in [0, 0.05) is 29.8 Å². The fraction of sp³-hybridized carbons (Fsp3) is 0.750. The van der Waals surface area contributed by atoms with Crippen molar-refractivity contribution in [1.29, 1.82) is 0 Å². The molecule has 1 fully saturated rings. The standard InChI is InChI=1S/C20H31FO5.Na/c1-2-3-4-6-13(22)9-10-14-17(23)11-18-20(14)15(12-26-18)16(21)7-5-8-19(24)25;/h9-10,12-14,16-18,20,22-23H,2-8,11H2,1H3,(H,24,25);/q;+1/p-1/b10-9-;/t13-,14-,16+,17+,18-,20-;/m0./s1. The van der Waals surface area contributed by atoms with Crippen LogP contribution in [0.1, 0.15) is 58.3 Å². The first kappa shape index (κ1) is 24.6. The molecule has 2 aliphatic rings. The zero-order valence-electron chi connectivity index (χ0n) is 16.4. The Bertz CT molecular complexity index is 525. The Kier molecular flexibility index (Phi) is 11.2. The van der Waals surface area contributed by atoms with Crippen LogP contribution in [0.15, 0.2) is 24.0 Å². The van der Waals surface area contributed by atoms with Gasteiger partial charge in [0.15, 0.2) is 0 Å². The fourth-order valence-electron chi connectivity index (χ4n) is 3.93. The van der Waals surface area contributed by atoms with Gasteiger partial charge in [0.1, 0.15) is 12.3 Å². The normalized spacial score (nSPS) is 29.0. The van der Waals surface area contributed by atoms with E-state index in [2.05, 4.69) is 6.92 Å². The number of alkyl halides is 1. The summed E-state index contributed by atoms with van der Waals surface area (Å²) in [6.45, 7) is 2.10. The van der Waals surface area contributed by atoms with Crippen molar-refractivity contribution in [3.05, 3.63) is 24.0 Å². The average molecular weight is 392 g/mol. The van der Waals surface area contributed by atoms with E-state index in [1.807, 2.05) is 0 Å². The Hall–Kier alpha value is -0.400. The maximum atomic E-state index is 14.6. The molecule has 1 aliphatic heterocycles. The average Bonchev–Trinajstić information content (AvgIpc) is 3.11. The molecule has 0 unspecified atom stereocenters. The van der Waals surface area contributed by atoms with Crippen LogP contribution in [0.2, 0.25) is 0 Å². The van der Waals surface area contributed by atoms with Crippen LogP contribution in [0, 0.1) is 11.8 Å². The van der Waals surface area contributed by atoms with Crippen LogP contribution in [-0.4, -0.2) is 40.7 Å². The summed E-state index contributed by atoms with van der Waals surface area (Å²) in [5, 5.41) is 30.9. The van der Waals surface area contributed by atoms with Gasteiger partial charge in [-0.2, -0.15) is 0 Å². The third-order valence-corrected chi connectivity index (χ3v) is 5.36. The molecule has 0 aromatic heterocycles. The zero-order chi connectivity index (χ0) is 19.1. The number of aliphatic carboxylic acids is 1. The van der Waals surface area contributed by atoms with Gasteiger partial charge in [0.05, 0.1) is 18.5 Å². The summed E-state index contributed by atoms with van der Waals surface area (Å²) in [5.74, 6) is -1.74. The van der Waals surface area contributed by atoms with E-state index in [-0.39, 0.29) is 66.8 Å². The van der Waals surface area contributed by atoms with E-state index in [1.54, 1.807) is 12.2 Å². The van der Waals surface area contributed by atoms with Crippen molar-refractivity contribution in [2.45, 2.75) is 82.8 Å². The molecule has 148 valence electrons. The maximum Gasteiger partial charge on any atom is 1.00 e. The molecule has 0 aromatic rings. The van der Waals surface area contributed by atoms with Gasteiger partial charge in [0.2, 0.25) is 0 Å². The number of fused-ring (bicyclic) bond motifs is 1. The number of ether oxygens (including phenoxy) is 1. The SMILES string of the molecule is CCCCC[C@H](O)/C=C\[C@@H]1[C@H]2C([C@H](F)CCCC(=O)[O-])=CO[C@H]2C[C@H]1O.[Na+]. The molecule has 6 atom stereocenters. The molecule has 0 amide bonds. The summed E-state index contributed by atoms with van der Waals surface area (Å²) >= 11 is 0. The second-order valence-electron chi connectivity index (χ2n) is 7.38. The summed E-state index contributed by atoms with van der Waals surface area (Å²) in [7, 11) is 0. The summed E-state index contributed by atoms with van der Waals surface area (Å²) in [6, 6.07) is 0. The summed E-state index contributed by atoms with van der Waals surface area (Å²) in [4.78, 5) is 10.5. The van der Waals surface area contributed by atoms with E-state index >= 15 is 0 Å². The van der Waals surface area contributed by atoms with Crippen molar-refractivity contribution in [3.8, 4) is 0 Å². The van der Waals surface area contributed by atoms with E-state index in [1.165, 1.54) is 6.26 Å². The van der Waals surface area contributed by atoms with Crippen LogP contribution in [0.5, 0.6) is 0 Å². The molecule has 5 nitrogen and oxygen atoms in total. The molecule has 2 N–H and O–H groups in total. The Morgan fingerprint density at radius 2 is 2.15 bits per heavy atom. The smallest absolute Gasteiger partial charge is 0.550 e. The Morgan fingerprint density at radius 3 is 2.81 bits per heavy atom. The number of aliphatic hydroxyl groups is 2. The second kappa shape index (κ2) is 12.2. The van der Waals surface area contributed by atoms with Gasteiger partial charge in [0.25, 0.3) is 0 Å². The third-order valence-electron chi connectivity index (χ3n) is 5.36. The Morgan fingerprint density at radius 1 is 1.41 bits per heavy atom. The first-order chi connectivity index (χ1) is 12.4.